The maximum Gasteiger partial charge on any atom is 0.416 e. The van der Waals surface area contributed by atoms with Gasteiger partial charge in [0, 0.05) is 56.8 Å². The van der Waals surface area contributed by atoms with E-state index in [9.17, 15) is 22.4 Å². The highest BCUT2D eigenvalue weighted by Gasteiger charge is 2.30. The second-order valence-corrected chi connectivity index (χ2v) is 11.7. The van der Waals surface area contributed by atoms with E-state index < -0.39 is 17.6 Å². The van der Waals surface area contributed by atoms with Gasteiger partial charge < -0.3 is 23.5 Å². The fourth-order valence-corrected chi connectivity index (χ4v) is 5.77. The first-order chi connectivity index (χ1) is 24.1. The van der Waals surface area contributed by atoms with Crippen molar-refractivity contribution in [2.24, 2.45) is 7.05 Å². The molecule has 7 rings (SSSR count). The van der Waals surface area contributed by atoms with Gasteiger partial charge in [0.1, 0.15) is 17.1 Å². The number of nitrogens with zero attached hydrogens (tertiary/aromatic N) is 7. The third-order valence-corrected chi connectivity index (χ3v) is 8.48. The number of carbonyl (C=O) groups is 1. The second kappa shape index (κ2) is 13.2. The van der Waals surface area contributed by atoms with Gasteiger partial charge in [0.2, 0.25) is 11.7 Å². The lowest BCUT2D eigenvalue weighted by Gasteiger charge is -2.34. The number of ether oxygens (including phenoxy) is 2. The van der Waals surface area contributed by atoms with E-state index in [4.69, 9.17) is 14.0 Å². The Balaban J connectivity index is 0.979. The average Bonchev–Trinajstić information content (AvgIpc) is 3.74. The molecule has 0 radical (unpaired) electrons. The normalized spacial score (nSPS) is 13.9. The topological polar surface area (TPSA) is 112 Å². The Morgan fingerprint density at radius 1 is 0.940 bits per heavy atom. The molecule has 3 aromatic heterocycles. The number of hydrogen-bond acceptors (Lipinski definition) is 9. The van der Waals surface area contributed by atoms with Crippen molar-refractivity contribution in [1.82, 2.24) is 34.5 Å². The molecular weight excluding hydrogens is 658 g/mol. The Kier molecular flexibility index (Phi) is 8.65. The molecule has 0 atom stereocenters. The molecule has 0 spiro atoms. The minimum atomic E-state index is -4.45. The molecule has 50 heavy (non-hydrogen) atoms. The van der Waals surface area contributed by atoms with E-state index in [-0.39, 0.29) is 34.9 Å². The largest absolute Gasteiger partial charge is 0.494 e. The number of piperazine rings is 1. The number of alkyl halides is 3. The molecule has 0 N–H and O–H groups in total. The fourth-order valence-electron chi connectivity index (χ4n) is 5.77. The van der Waals surface area contributed by atoms with Crippen LogP contribution < -0.4 is 9.47 Å². The minimum absolute atomic E-state index is 0.0374. The van der Waals surface area contributed by atoms with Crippen molar-refractivity contribution < 1.29 is 36.4 Å². The van der Waals surface area contributed by atoms with Crippen molar-refractivity contribution in [2.75, 3.05) is 33.3 Å². The Morgan fingerprint density at radius 3 is 2.40 bits per heavy atom. The number of hydrogen-bond donors (Lipinski definition) is 0. The zero-order valence-electron chi connectivity index (χ0n) is 26.8. The van der Waals surface area contributed by atoms with E-state index in [0.29, 0.717) is 49.7 Å². The molecule has 4 heterocycles. The van der Waals surface area contributed by atoms with Crippen LogP contribution in [-0.2, 0) is 19.8 Å². The van der Waals surface area contributed by atoms with Gasteiger partial charge in [-0.1, -0.05) is 23.4 Å². The summed E-state index contributed by atoms with van der Waals surface area (Å²) in [6.45, 7) is 2.99. The molecule has 3 aromatic carbocycles. The molecule has 1 fully saturated rings. The lowest BCUT2D eigenvalue weighted by Crippen LogP contribution is -2.48. The summed E-state index contributed by atoms with van der Waals surface area (Å²) >= 11 is 0. The molecule has 0 bridgehead atoms. The summed E-state index contributed by atoms with van der Waals surface area (Å²) in [4.78, 5) is 30.3. The number of methoxy groups -OCH3 is 1. The van der Waals surface area contributed by atoms with Gasteiger partial charge in [0.25, 0.3) is 11.8 Å². The van der Waals surface area contributed by atoms with Crippen LogP contribution >= 0.6 is 0 Å². The van der Waals surface area contributed by atoms with Crippen LogP contribution in [0.25, 0.3) is 33.9 Å². The quantitative estimate of drug-likeness (QED) is 0.163. The van der Waals surface area contributed by atoms with Gasteiger partial charge in [0.15, 0.2) is 11.6 Å². The van der Waals surface area contributed by atoms with Crippen molar-refractivity contribution >= 4 is 16.8 Å². The Morgan fingerprint density at radius 2 is 1.72 bits per heavy atom. The number of carbonyl (C=O) groups excluding carboxylic acids is 1. The van der Waals surface area contributed by atoms with Crippen LogP contribution in [-0.4, -0.2) is 73.7 Å². The van der Waals surface area contributed by atoms with Gasteiger partial charge in [-0.25, -0.2) is 14.4 Å². The van der Waals surface area contributed by atoms with E-state index in [0.717, 1.165) is 28.6 Å². The molecule has 6 aromatic rings. The van der Waals surface area contributed by atoms with Gasteiger partial charge in [0.05, 0.1) is 30.6 Å². The number of amides is 1. The van der Waals surface area contributed by atoms with Crippen LogP contribution in [0.2, 0.25) is 0 Å². The molecule has 15 heteroatoms. The third-order valence-electron chi connectivity index (χ3n) is 8.48. The number of rotatable bonds is 8. The maximum absolute atomic E-state index is 14.1. The number of aromatic nitrogens is 5. The average molecular weight is 688 g/mol. The van der Waals surface area contributed by atoms with Crippen molar-refractivity contribution in [3.05, 3.63) is 102 Å². The number of halogens is 4. The Hall–Kier alpha value is -5.83. The van der Waals surface area contributed by atoms with Crippen LogP contribution in [0.1, 0.15) is 21.6 Å². The molecule has 256 valence electrons. The van der Waals surface area contributed by atoms with Crippen LogP contribution in [0, 0.1) is 5.82 Å². The Bertz CT molecular complexity index is 2160. The summed E-state index contributed by atoms with van der Waals surface area (Å²) in [6.07, 6.45) is -1.68. The van der Waals surface area contributed by atoms with E-state index >= 15 is 0 Å². The van der Waals surface area contributed by atoms with Crippen LogP contribution in [0.5, 0.6) is 17.4 Å². The molecule has 0 saturated carbocycles. The van der Waals surface area contributed by atoms with Crippen molar-refractivity contribution in [3.8, 4) is 40.4 Å². The third kappa shape index (κ3) is 6.72. The van der Waals surface area contributed by atoms with Crippen LogP contribution in [0.3, 0.4) is 0 Å². The Labute approximate surface area is 282 Å². The van der Waals surface area contributed by atoms with Crippen molar-refractivity contribution in [3.63, 3.8) is 0 Å². The van der Waals surface area contributed by atoms with E-state index in [1.807, 2.05) is 40.8 Å². The summed E-state index contributed by atoms with van der Waals surface area (Å²) in [7, 11) is 3.26. The van der Waals surface area contributed by atoms with Gasteiger partial charge >= 0.3 is 6.18 Å². The summed E-state index contributed by atoms with van der Waals surface area (Å²) in [6, 6.07) is 16.6. The van der Waals surface area contributed by atoms with Gasteiger partial charge in [-0.15, -0.1) is 0 Å². The SMILES string of the molecule is COc1ccc(CN2CCN(C(=O)c3cc4ccc(Oc5cnc(-c6nc(-c7ccc(C(F)(F)F)cc7)no6)cn5)cc4n3C)CC2)cc1F. The zero-order chi connectivity index (χ0) is 35.0. The van der Waals surface area contributed by atoms with E-state index in [1.165, 1.54) is 37.7 Å². The molecule has 1 amide bonds. The molecule has 1 aliphatic heterocycles. The summed E-state index contributed by atoms with van der Waals surface area (Å²) in [5, 5.41) is 4.71. The summed E-state index contributed by atoms with van der Waals surface area (Å²) in [5.74, 6) is 0.547. The van der Waals surface area contributed by atoms with Gasteiger partial charge in [-0.3, -0.25) is 9.69 Å². The molecule has 1 saturated heterocycles. The van der Waals surface area contributed by atoms with Crippen LogP contribution in [0.15, 0.2) is 83.6 Å². The minimum Gasteiger partial charge on any atom is -0.494 e. The van der Waals surface area contributed by atoms with E-state index in [1.54, 1.807) is 12.1 Å². The van der Waals surface area contributed by atoms with Gasteiger partial charge in [-0.2, -0.15) is 18.2 Å². The summed E-state index contributed by atoms with van der Waals surface area (Å²) < 4.78 is 70.8. The first-order valence-electron chi connectivity index (χ1n) is 15.5. The van der Waals surface area contributed by atoms with Crippen molar-refractivity contribution in [2.45, 2.75) is 12.7 Å². The van der Waals surface area contributed by atoms with Crippen LogP contribution in [0.4, 0.5) is 17.6 Å². The number of benzene rings is 3. The summed E-state index contributed by atoms with van der Waals surface area (Å²) in [5.41, 5.74) is 2.00. The molecule has 11 nitrogen and oxygen atoms in total. The van der Waals surface area contributed by atoms with Gasteiger partial charge in [-0.05, 0) is 48.0 Å². The molecule has 1 aliphatic rings. The highest BCUT2D eigenvalue weighted by atomic mass is 19.4. The lowest BCUT2D eigenvalue weighted by atomic mass is 10.1. The molecule has 0 aliphatic carbocycles. The lowest BCUT2D eigenvalue weighted by molar-refractivity contribution is -0.137. The maximum atomic E-state index is 14.1. The second-order valence-electron chi connectivity index (χ2n) is 11.7. The standard InChI is InChI=1S/C35H29F4N7O4/c1-44-28-17-25(49-31-19-40-27(18-41-31)33-42-32(43-50-33)22-4-7-24(8-5-22)35(37,38)39)9-6-23(28)16-29(44)34(47)46-13-11-45(12-14-46)20-21-3-10-30(48-2)26(36)15-21/h3-10,15-19H,11-14,20H2,1-2H3. The first kappa shape index (κ1) is 32.7. The predicted molar refractivity (Wildman–Crippen MR) is 173 cm³/mol. The van der Waals surface area contributed by atoms with Crippen molar-refractivity contribution in [1.29, 1.82) is 0 Å². The predicted octanol–water partition coefficient (Wildman–Crippen LogP) is 6.60. The number of fused-ring (bicyclic) bond motifs is 1. The highest BCUT2D eigenvalue weighted by Crippen LogP contribution is 2.31. The molecular formula is C35H29F4N7O4. The fraction of sp³-hybridized carbons (Fsp3) is 0.229. The highest BCUT2D eigenvalue weighted by molar-refractivity contribution is 5.99. The number of aryl methyl sites for hydroxylation is 1. The molecule has 0 unspecified atom stereocenters. The zero-order valence-corrected chi connectivity index (χ0v) is 26.8. The van der Waals surface area contributed by atoms with E-state index in [2.05, 4.69) is 25.0 Å². The first-order valence-corrected chi connectivity index (χ1v) is 15.5. The monoisotopic (exact) mass is 687 g/mol. The smallest absolute Gasteiger partial charge is 0.416 e.